The van der Waals surface area contributed by atoms with Crippen molar-refractivity contribution in [2.75, 3.05) is 18.0 Å². The Morgan fingerprint density at radius 3 is 2.60 bits per heavy atom. The number of carbonyl (C=O) groups is 2. The Bertz CT molecular complexity index is 1350. The van der Waals surface area contributed by atoms with Crippen molar-refractivity contribution >= 4 is 28.5 Å². The number of carboxylic acids is 1. The van der Waals surface area contributed by atoms with Crippen LogP contribution in [-0.4, -0.2) is 46.7 Å². The first-order valence-corrected chi connectivity index (χ1v) is 11.8. The van der Waals surface area contributed by atoms with E-state index in [-0.39, 0.29) is 28.9 Å². The summed E-state index contributed by atoms with van der Waals surface area (Å²) in [6.45, 7) is 0.940. The summed E-state index contributed by atoms with van der Waals surface area (Å²) >= 11 is 0. The Morgan fingerprint density at radius 1 is 1.17 bits per heavy atom. The van der Waals surface area contributed by atoms with E-state index in [9.17, 15) is 19.5 Å². The molecule has 1 unspecified atom stereocenters. The number of fused-ring (bicyclic) bond motifs is 1. The van der Waals surface area contributed by atoms with E-state index in [1.54, 1.807) is 10.6 Å². The molecule has 2 aromatic carbocycles. The van der Waals surface area contributed by atoms with Gasteiger partial charge in [-0.3, -0.25) is 9.59 Å². The molecule has 1 saturated heterocycles. The smallest absolute Gasteiger partial charge is 0.341 e. The standard InChI is InChI=1S/C26H27FN4O4/c27-20-11-18-22(31(17-6-7-17)14-19(24(18)32)26(34)35)12-23(20)30-9-8-16(13-30)29-25(33)21(28)10-15-4-2-1-3-5-15/h1-5,11-12,14,16-17,21H,6-10,13,28H2,(H,29,33)(H,34,35)/t16?,21-/m0/s1. The van der Waals surface area contributed by atoms with Crippen molar-refractivity contribution in [3.8, 4) is 0 Å². The maximum atomic E-state index is 15.1. The van der Waals surface area contributed by atoms with Crippen LogP contribution in [0.15, 0.2) is 53.5 Å². The Hall–Kier alpha value is -3.72. The quantitative estimate of drug-likeness (QED) is 0.480. The van der Waals surface area contributed by atoms with E-state index < -0.39 is 23.3 Å². The molecule has 3 aromatic rings. The summed E-state index contributed by atoms with van der Waals surface area (Å²) in [6.07, 6.45) is 4.19. The lowest BCUT2D eigenvalue weighted by molar-refractivity contribution is -0.122. The number of carboxylic acid groups (broad SMARTS) is 1. The molecule has 0 spiro atoms. The van der Waals surface area contributed by atoms with Crippen LogP contribution >= 0.6 is 0 Å². The average Bonchev–Trinajstić information content (AvgIpc) is 3.58. The summed E-state index contributed by atoms with van der Waals surface area (Å²) in [5.74, 6) is -2.16. The van der Waals surface area contributed by atoms with Crippen LogP contribution in [0.4, 0.5) is 10.1 Å². The van der Waals surface area contributed by atoms with Crippen molar-refractivity contribution in [2.45, 2.75) is 43.8 Å². The van der Waals surface area contributed by atoms with Gasteiger partial charge in [-0.2, -0.15) is 0 Å². The number of nitrogens with one attached hydrogen (secondary N) is 1. The number of hydrogen-bond donors (Lipinski definition) is 3. The van der Waals surface area contributed by atoms with Gasteiger partial charge in [0.25, 0.3) is 0 Å². The molecule has 1 amide bonds. The number of pyridine rings is 1. The predicted octanol–water partition coefficient (Wildman–Crippen LogP) is 2.44. The van der Waals surface area contributed by atoms with Gasteiger partial charge >= 0.3 is 5.97 Å². The largest absolute Gasteiger partial charge is 0.477 e. The number of amides is 1. The van der Waals surface area contributed by atoms with Crippen LogP contribution in [0.25, 0.3) is 10.9 Å². The van der Waals surface area contributed by atoms with E-state index in [0.717, 1.165) is 24.5 Å². The molecule has 1 aromatic heterocycles. The van der Waals surface area contributed by atoms with E-state index in [1.807, 2.05) is 35.2 Å². The average molecular weight is 479 g/mol. The fraction of sp³-hybridized carbons (Fsp3) is 0.346. The SMILES string of the molecule is N[C@@H](Cc1ccccc1)C(=O)NC1CCN(c2cc3c(cc2F)c(=O)c(C(=O)O)cn3C2CC2)C1. The monoisotopic (exact) mass is 478 g/mol. The Balaban J connectivity index is 1.35. The molecule has 2 heterocycles. The second-order valence-electron chi connectivity index (χ2n) is 9.37. The summed E-state index contributed by atoms with van der Waals surface area (Å²) < 4.78 is 16.9. The van der Waals surface area contributed by atoms with Crippen molar-refractivity contribution in [1.29, 1.82) is 0 Å². The molecule has 2 fully saturated rings. The van der Waals surface area contributed by atoms with Crippen LogP contribution in [0.1, 0.15) is 41.2 Å². The second-order valence-corrected chi connectivity index (χ2v) is 9.37. The molecule has 0 radical (unpaired) electrons. The maximum Gasteiger partial charge on any atom is 0.341 e. The Labute approximate surface area is 201 Å². The molecular weight excluding hydrogens is 451 g/mol. The number of nitrogens with two attached hydrogens (primary N) is 1. The highest BCUT2D eigenvalue weighted by Crippen LogP contribution is 2.38. The van der Waals surface area contributed by atoms with Crippen LogP contribution in [0.2, 0.25) is 0 Å². The molecule has 5 rings (SSSR count). The van der Waals surface area contributed by atoms with E-state index in [1.165, 1.54) is 6.20 Å². The van der Waals surface area contributed by atoms with Gasteiger partial charge in [-0.25, -0.2) is 9.18 Å². The minimum absolute atomic E-state index is 0.0639. The first kappa shape index (κ1) is 23.0. The fourth-order valence-electron chi connectivity index (χ4n) is 4.77. The second kappa shape index (κ2) is 9.14. The molecule has 0 bridgehead atoms. The highest BCUT2D eigenvalue weighted by molar-refractivity contribution is 5.93. The Kier molecular flexibility index (Phi) is 6.02. The van der Waals surface area contributed by atoms with Crippen molar-refractivity contribution in [3.05, 3.63) is 75.8 Å². The van der Waals surface area contributed by atoms with Crippen molar-refractivity contribution in [2.24, 2.45) is 5.73 Å². The zero-order chi connectivity index (χ0) is 24.7. The minimum atomic E-state index is -1.32. The number of benzene rings is 2. The van der Waals surface area contributed by atoms with Gasteiger partial charge < -0.3 is 25.6 Å². The molecule has 4 N–H and O–H groups in total. The minimum Gasteiger partial charge on any atom is -0.477 e. The van der Waals surface area contributed by atoms with E-state index in [0.29, 0.717) is 37.1 Å². The van der Waals surface area contributed by atoms with Crippen LogP contribution in [0.3, 0.4) is 0 Å². The van der Waals surface area contributed by atoms with Gasteiger partial charge in [0.1, 0.15) is 11.4 Å². The number of anilines is 1. The topological polar surface area (TPSA) is 118 Å². The van der Waals surface area contributed by atoms with E-state index in [2.05, 4.69) is 5.32 Å². The molecule has 182 valence electrons. The third-order valence-electron chi connectivity index (χ3n) is 6.78. The first-order chi connectivity index (χ1) is 16.8. The van der Waals surface area contributed by atoms with Crippen molar-refractivity contribution < 1.29 is 19.1 Å². The highest BCUT2D eigenvalue weighted by atomic mass is 19.1. The van der Waals surface area contributed by atoms with Crippen molar-refractivity contribution in [1.82, 2.24) is 9.88 Å². The number of rotatable bonds is 7. The zero-order valence-electron chi connectivity index (χ0n) is 19.1. The lowest BCUT2D eigenvalue weighted by Gasteiger charge is -2.22. The van der Waals surface area contributed by atoms with Gasteiger partial charge in [0.2, 0.25) is 11.3 Å². The summed E-state index contributed by atoms with van der Waals surface area (Å²) in [7, 11) is 0. The van der Waals surface area contributed by atoms with E-state index in [4.69, 9.17) is 5.73 Å². The molecule has 1 aliphatic heterocycles. The normalized spacial score (nSPS) is 18.6. The number of carbonyl (C=O) groups excluding carboxylic acids is 1. The molecule has 2 atom stereocenters. The molecule has 8 nitrogen and oxygen atoms in total. The number of aromatic nitrogens is 1. The van der Waals surface area contributed by atoms with Crippen LogP contribution in [0, 0.1) is 5.82 Å². The summed E-state index contributed by atoms with van der Waals surface area (Å²) in [5, 5.41) is 12.5. The molecule has 35 heavy (non-hydrogen) atoms. The number of hydrogen-bond acceptors (Lipinski definition) is 5. The first-order valence-electron chi connectivity index (χ1n) is 11.8. The summed E-state index contributed by atoms with van der Waals surface area (Å²) in [6, 6.07) is 11.6. The molecule has 1 aliphatic carbocycles. The van der Waals surface area contributed by atoms with Gasteiger partial charge in [0.05, 0.1) is 17.2 Å². The third kappa shape index (κ3) is 4.64. The van der Waals surface area contributed by atoms with Crippen LogP contribution in [-0.2, 0) is 11.2 Å². The molecule has 1 saturated carbocycles. The van der Waals surface area contributed by atoms with Gasteiger partial charge in [0.15, 0.2) is 0 Å². The van der Waals surface area contributed by atoms with Gasteiger partial charge in [-0.1, -0.05) is 30.3 Å². The number of halogens is 1. The lowest BCUT2D eigenvalue weighted by atomic mass is 10.1. The molecular formula is C26H27FN4O4. The fourth-order valence-corrected chi connectivity index (χ4v) is 4.77. The Morgan fingerprint density at radius 2 is 1.91 bits per heavy atom. The summed E-state index contributed by atoms with van der Waals surface area (Å²) in [5.41, 5.74) is 6.90. The van der Waals surface area contributed by atoms with Gasteiger partial charge in [-0.15, -0.1) is 0 Å². The highest BCUT2D eigenvalue weighted by Gasteiger charge is 2.30. The van der Waals surface area contributed by atoms with Crippen LogP contribution < -0.4 is 21.4 Å². The zero-order valence-corrected chi connectivity index (χ0v) is 19.1. The number of aromatic carboxylic acids is 1. The number of nitrogens with zero attached hydrogens (tertiary/aromatic N) is 2. The predicted molar refractivity (Wildman–Crippen MR) is 130 cm³/mol. The van der Waals surface area contributed by atoms with Crippen molar-refractivity contribution in [3.63, 3.8) is 0 Å². The van der Waals surface area contributed by atoms with Gasteiger partial charge in [0, 0.05) is 36.8 Å². The molecule has 2 aliphatic rings. The van der Waals surface area contributed by atoms with E-state index >= 15 is 4.39 Å². The van der Waals surface area contributed by atoms with Crippen LogP contribution in [0.5, 0.6) is 0 Å². The maximum absolute atomic E-state index is 15.1. The third-order valence-corrected chi connectivity index (χ3v) is 6.78. The van der Waals surface area contributed by atoms with Gasteiger partial charge in [-0.05, 0) is 43.4 Å². The molecule has 9 heteroatoms. The lowest BCUT2D eigenvalue weighted by Crippen LogP contribution is -2.47. The summed E-state index contributed by atoms with van der Waals surface area (Å²) in [4.78, 5) is 38.7.